The molecular weight excluding hydrogens is 366 g/mol. The van der Waals surface area contributed by atoms with Crippen LogP contribution in [0.1, 0.15) is 15.2 Å². The molecule has 1 aromatic carbocycles. The van der Waals surface area contributed by atoms with Crippen LogP contribution in [0, 0.1) is 6.92 Å². The minimum Gasteiger partial charge on any atom is -0.480 e. The molecule has 4 N–H and O–H groups in total. The lowest BCUT2D eigenvalue weighted by molar-refractivity contribution is -0.147. The number of rotatable bonds is 6. The van der Waals surface area contributed by atoms with Crippen molar-refractivity contribution in [2.75, 3.05) is 11.9 Å². The van der Waals surface area contributed by atoms with Gasteiger partial charge in [0.1, 0.15) is 5.75 Å². The van der Waals surface area contributed by atoms with Crippen LogP contribution in [0.2, 0.25) is 0 Å². The lowest BCUT2D eigenvalue weighted by Gasteiger charge is -2.06. The van der Waals surface area contributed by atoms with Gasteiger partial charge in [-0.25, -0.2) is 14.4 Å². The van der Waals surface area contributed by atoms with E-state index < -0.39 is 30.4 Å². The Bertz CT molecular complexity index is 884. The number of anilines is 1. The normalized spacial score (nSPS) is 10.2. The molecule has 0 saturated heterocycles. The van der Waals surface area contributed by atoms with Gasteiger partial charge < -0.3 is 25.4 Å². The minimum atomic E-state index is -1.62. The van der Waals surface area contributed by atoms with E-state index in [1.165, 1.54) is 12.1 Å². The zero-order valence-corrected chi connectivity index (χ0v) is 14.1. The summed E-state index contributed by atoms with van der Waals surface area (Å²) in [6, 6.07) is 6.08. The second kappa shape index (κ2) is 7.66. The quantitative estimate of drug-likeness (QED) is 0.556. The van der Waals surface area contributed by atoms with Crippen molar-refractivity contribution in [1.82, 2.24) is 0 Å². The third-order valence-corrected chi connectivity index (χ3v) is 4.54. The van der Waals surface area contributed by atoms with Crippen molar-refractivity contribution in [3.8, 4) is 16.2 Å². The number of carboxylic acid groups (broad SMARTS) is 3. The average Bonchev–Trinajstić information content (AvgIpc) is 2.90. The van der Waals surface area contributed by atoms with Crippen molar-refractivity contribution in [3.05, 3.63) is 34.7 Å². The number of amides is 1. The van der Waals surface area contributed by atoms with E-state index in [1.54, 1.807) is 19.1 Å². The topological polar surface area (TPSA) is 150 Å². The van der Waals surface area contributed by atoms with Crippen molar-refractivity contribution >= 4 is 40.8 Å². The maximum atomic E-state index is 11.4. The summed E-state index contributed by atoms with van der Waals surface area (Å²) in [5, 5.41) is 28.8. The molecule has 0 atom stereocenters. The molecule has 0 bridgehead atoms. The van der Waals surface area contributed by atoms with Crippen molar-refractivity contribution in [2.24, 2.45) is 0 Å². The lowest BCUT2D eigenvalue weighted by Crippen LogP contribution is -2.21. The first-order valence-electron chi connectivity index (χ1n) is 7.06. The molecular formula is C16H13NO8S. The van der Waals surface area contributed by atoms with Gasteiger partial charge in [0.15, 0.2) is 11.5 Å². The van der Waals surface area contributed by atoms with Crippen molar-refractivity contribution in [3.63, 3.8) is 0 Å². The number of benzene rings is 1. The second-order valence-corrected chi connectivity index (χ2v) is 6.06. The molecule has 0 spiro atoms. The van der Waals surface area contributed by atoms with Crippen molar-refractivity contribution in [1.29, 1.82) is 0 Å². The number of ether oxygens (including phenoxy) is 1. The fourth-order valence-electron chi connectivity index (χ4n) is 2.11. The number of hydrogen-bond donors (Lipinski definition) is 4. The molecule has 0 saturated carbocycles. The first-order chi connectivity index (χ1) is 12.2. The van der Waals surface area contributed by atoms with Crippen LogP contribution in [0.25, 0.3) is 10.4 Å². The van der Waals surface area contributed by atoms with Gasteiger partial charge in [0, 0.05) is 16.1 Å². The van der Waals surface area contributed by atoms with E-state index in [-0.39, 0.29) is 16.3 Å². The molecule has 0 unspecified atom stereocenters. The summed E-state index contributed by atoms with van der Waals surface area (Å²) in [7, 11) is 0. The Morgan fingerprint density at radius 2 is 1.69 bits per heavy atom. The van der Waals surface area contributed by atoms with E-state index in [4.69, 9.17) is 14.9 Å². The van der Waals surface area contributed by atoms with Crippen LogP contribution in [0.3, 0.4) is 0 Å². The summed E-state index contributed by atoms with van der Waals surface area (Å²) in [5.41, 5.74) is 1.33. The molecule has 0 aliphatic rings. The van der Waals surface area contributed by atoms with Crippen molar-refractivity contribution < 1.29 is 39.2 Å². The zero-order chi connectivity index (χ0) is 19.4. The van der Waals surface area contributed by atoms with Gasteiger partial charge in [0.05, 0.1) is 0 Å². The lowest BCUT2D eigenvalue weighted by atomic mass is 10.1. The number of aromatic carboxylic acids is 1. The number of aliphatic carboxylic acids is 2. The molecule has 136 valence electrons. The monoisotopic (exact) mass is 379 g/mol. The standard InChI is InChI=1S/C16H13NO8S/c1-7-11(25-6-10(18)19)13(15(21)22)26-12(7)8-2-4-9(5-3-8)17-14(20)16(23)24/h2-5H,6H2,1H3,(H,17,20)(H,18,19)(H,21,22)(H,23,24). The van der Waals surface area contributed by atoms with Gasteiger partial charge in [-0.15, -0.1) is 11.3 Å². The molecule has 10 heteroatoms. The van der Waals surface area contributed by atoms with Gasteiger partial charge in [0.25, 0.3) is 0 Å². The summed E-state index contributed by atoms with van der Waals surface area (Å²) in [5.74, 6) is -5.28. The Balaban J connectivity index is 2.34. The van der Waals surface area contributed by atoms with Gasteiger partial charge in [-0.1, -0.05) is 12.1 Å². The molecule has 0 fully saturated rings. The van der Waals surface area contributed by atoms with E-state index in [0.29, 0.717) is 16.0 Å². The molecule has 9 nitrogen and oxygen atoms in total. The summed E-state index contributed by atoms with van der Waals surface area (Å²) in [4.78, 5) is 44.1. The predicted molar refractivity (Wildman–Crippen MR) is 90.8 cm³/mol. The SMILES string of the molecule is Cc1c(-c2ccc(NC(=O)C(=O)O)cc2)sc(C(=O)O)c1OCC(=O)O. The van der Waals surface area contributed by atoms with E-state index in [2.05, 4.69) is 5.32 Å². The molecule has 1 aromatic heterocycles. The van der Waals surface area contributed by atoms with Crippen LogP contribution in [0.5, 0.6) is 5.75 Å². The average molecular weight is 379 g/mol. The summed E-state index contributed by atoms with van der Waals surface area (Å²) < 4.78 is 5.10. The first-order valence-corrected chi connectivity index (χ1v) is 7.88. The van der Waals surface area contributed by atoms with Crippen LogP contribution in [-0.4, -0.2) is 45.7 Å². The Kier molecular flexibility index (Phi) is 5.58. The number of thiophene rings is 1. The summed E-state index contributed by atoms with van der Waals surface area (Å²) in [6.07, 6.45) is 0. The van der Waals surface area contributed by atoms with Gasteiger partial charge in [-0.05, 0) is 24.6 Å². The highest BCUT2D eigenvalue weighted by atomic mass is 32.1. The van der Waals surface area contributed by atoms with E-state index >= 15 is 0 Å². The number of carboxylic acids is 3. The molecule has 0 radical (unpaired) electrons. The predicted octanol–water partition coefficient (Wildman–Crippen LogP) is 1.91. The number of carbonyl (C=O) groups is 4. The summed E-state index contributed by atoms with van der Waals surface area (Å²) >= 11 is 0.925. The zero-order valence-electron chi connectivity index (χ0n) is 13.3. The van der Waals surface area contributed by atoms with Crippen LogP contribution >= 0.6 is 11.3 Å². The molecule has 26 heavy (non-hydrogen) atoms. The smallest absolute Gasteiger partial charge is 0.394 e. The highest BCUT2D eigenvalue weighted by molar-refractivity contribution is 7.18. The molecule has 0 aliphatic heterocycles. The van der Waals surface area contributed by atoms with Crippen LogP contribution in [-0.2, 0) is 14.4 Å². The number of nitrogens with one attached hydrogen (secondary N) is 1. The Hall–Kier alpha value is -3.40. The van der Waals surface area contributed by atoms with E-state index in [0.717, 1.165) is 11.3 Å². The summed E-state index contributed by atoms with van der Waals surface area (Å²) in [6.45, 7) is 0.938. The molecule has 2 aromatic rings. The molecule has 0 aliphatic carbocycles. The van der Waals surface area contributed by atoms with Gasteiger partial charge in [-0.3, -0.25) is 4.79 Å². The maximum Gasteiger partial charge on any atom is 0.394 e. The number of hydrogen-bond acceptors (Lipinski definition) is 6. The fourth-order valence-corrected chi connectivity index (χ4v) is 3.21. The van der Waals surface area contributed by atoms with E-state index in [1.807, 2.05) is 0 Å². The maximum absolute atomic E-state index is 11.4. The molecule has 2 rings (SSSR count). The van der Waals surface area contributed by atoms with Gasteiger partial charge >= 0.3 is 23.8 Å². The van der Waals surface area contributed by atoms with Crippen LogP contribution in [0.15, 0.2) is 24.3 Å². The fraction of sp³-hybridized carbons (Fsp3) is 0.125. The van der Waals surface area contributed by atoms with Gasteiger partial charge in [-0.2, -0.15) is 0 Å². The van der Waals surface area contributed by atoms with Gasteiger partial charge in [0.2, 0.25) is 0 Å². The first kappa shape index (κ1) is 18.9. The van der Waals surface area contributed by atoms with Crippen LogP contribution < -0.4 is 10.1 Å². The Labute approximate surface area is 150 Å². The van der Waals surface area contributed by atoms with Crippen molar-refractivity contribution in [2.45, 2.75) is 6.92 Å². The van der Waals surface area contributed by atoms with Crippen LogP contribution in [0.4, 0.5) is 5.69 Å². The largest absolute Gasteiger partial charge is 0.480 e. The highest BCUT2D eigenvalue weighted by Crippen LogP contribution is 2.41. The highest BCUT2D eigenvalue weighted by Gasteiger charge is 2.23. The third kappa shape index (κ3) is 4.16. The molecule has 1 heterocycles. The third-order valence-electron chi connectivity index (χ3n) is 3.22. The Morgan fingerprint density at radius 1 is 1.08 bits per heavy atom. The Morgan fingerprint density at radius 3 is 2.19 bits per heavy atom. The molecule has 1 amide bonds. The van der Waals surface area contributed by atoms with E-state index in [9.17, 15) is 24.3 Å². The number of carbonyl (C=O) groups excluding carboxylic acids is 1. The minimum absolute atomic E-state index is 0.0110. The second-order valence-electron chi connectivity index (χ2n) is 5.04.